The molecular formula is C20H20N2O5. The predicted molar refractivity (Wildman–Crippen MR) is 99.5 cm³/mol. The second-order valence-corrected chi connectivity index (χ2v) is 5.93. The molecule has 1 atom stereocenters. The molecule has 3 aromatic rings. The van der Waals surface area contributed by atoms with Gasteiger partial charge in [0.2, 0.25) is 0 Å². The normalized spacial score (nSPS) is 11.8. The molecule has 2 aromatic carbocycles. The number of hydrogen-bond donors (Lipinski definition) is 1. The third-order valence-corrected chi connectivity index (χ3v) is 3.92. The Kier molecular flexibility index (Phi) is 5.71. The Morgan fingerprint density at radius 2 is 1.89 bits per heavy atom. The van der Waals surface area contributed by atoms with E-state index in [4.69, 9.17) is 13.9 Å². The highest BCUT2D eigenvalue weighted by Crippen LogP contribution is 2.17. The fourth-order valence-electron chi connectivity index (χ4n) is 2.46. The molecule has 0 unspecified atom stereocenters. The van der Waals surface area contributed by atoms with Crippen molar-refractivity contribution in [3.63, 3.8) is 0 Å². The van der Waals surface area contributed by atoms with Crippen molar-refractivity contribution in [2.75, 3.05) is 12.4 Å². The molecule has 0 saturated carbocycles. The van der Waals surface area contributed by atoms with Gasteiger partial charge < -0.3 is 19.2 Å². The van der Waals surface area contributed by atoms with Crippen molar-refractivity contribution < 1.29 is 23.5 Å². The number of nitrogens with one attached hydrogen (secondary N) is 1. The molecule has 0 radical (unpaired) electrons. The maximum Gasteiger partial charge on any atom is 0.307 e. The van der Waals surface area contributed by atoms with E-state index in [0.717, 1.165) is 5.52 Å². The maximum absolute atomic E-state index is 12.1. The Labute approximate surface area is 156 Å². The zero-order chi connectivity index (χ0) is 19.2. The molecule has 140 valence electrons. The van der Waals surface area contributed by atoms with Gasteiger partial charge in [-0.2, -0.15) is 0 Å². The van der Waals surface area contributed by atoms with Crippen molar-refractivity contribution in [3.8, 4) is 5.75 Å². The summed E-state index contributed by atoms with van der Waals surface area (Å²) in [5.74, 6) is 0.250. The zero-order valence-electron chi connectivity index (χ0n) is 15.1. The number of nitrogens with zero attached hydrogens (tertiary/aromatic N) is 1. The third kappa shape index (κ3) is 4.84. The molecule has 3 rings (SSSR count). The number of carbonyl (C=O) groups excluding carboxylic acids is 2. The lowest BCUT2D eigenvalue weighted by atomic mass is 10.2. The van der Waals surface area contributed by atoms with Crippen LogP contribution in [0.1, 0.15) is 19.2 Å². The molecule has 0 aliphatic heterocycles. The molecule has 0 aliphatic carbocycles. The zero-order valence-corrected chi connectivity index (χ0v) is 15.1. The minimum absolute atomic E-state index is 0.0764. The molecule has 7 heteroatoms. The van der Waals surface area contributed by atoms with Crippen LogP contribution in [-0.4, -0.2) is 30.1 Å². The van der Waals surface area contributed by atoms with Crippen LogP contribution < -0.4 is 10.1 Å². The monoisotopic (exact) mass is 368 g/mol. The van der Waals surface area contributed by atoms with Crippen LogP contribution in [0.15, 0.2) is 52.9 Å². The van der Waals surface area contributed by atoms with Crippen LogP contribution in [0.2, 0.25) is 0 Å². The smallest absolute Gasteiger partial charge is 0.307 e. The quantitative estimate of drug-likeness (QED) is 0.643. The molecule has 0 aliphatic rings. The highest BCUT2D eigenvalue weighted by atomic mass is 16.5. The topological polar surface area (TPSA) is 90.7 Å². The van der Waals surface area contributed by atoms with E-state index in [9.17, 15) is 9.59 Å². The van der Waals surface area contributed by atoms with Crippen molar-refractivity contribution in [3.05, 3.63) is 54.4 Å². The summed E-state index contributed by atoms with van der Waals surface area (Å²) in [4.78, 5) is 28.4. The van der Waals surface area contributed by atoms with Gasteiger partial charge in [0, 0.05) is 12.1 Å². The van der Waals surface area contributed by atoms with Gasteiger partial charge in [-0.25, -0.2) is 4.98 Å². The van der Waals surface area contributed by atoms with Gasteiger partial charge in [0.1, 0.15) is 11.3 Å². The lowest BCUT2D eigenvalue weighted by Gasteiger charge is -2.13. The number of benzene rings is 2. The third-order valence-electron chi connectivity index (χ3n) is 3.92. The summed E-state index contributed by atoms with van der Waals surface area (Å²) in [6, 6.07) is 14.2. The van der Waals surface area contributed by atoms with E-state index in [1.165, 1.54) is 6.92 Å². The lowest BCUT2D eigenvalue weighted by molar-refractivity contribution is -0.153. The van der Waals surface area contributed by atoms with E-state index >= 15 is 0 Å². The summed E-state index contributed by atoms with van der Waals surface area (Å²) in [6.45, 7) is 1.52. The van der Waals surface area contributed by atoms with Crippen molar-refractivity contribution in [2.45, 2.75) is 25.9 Å². The number of anilines is 1. The second-order valence-electron chi connectivity index (χ2n) is 5.93. The Balaban J connectivity index is 1.48. The number of amides is 1. The number of para-hydroxylation sites is 2. The van der Waals surface area contributed by atoms with E-state index in [1.54, 1.807) is 31.4 Å². The Bertz CT molecular complexity index is 900. The van der Waals surface area contributed by atoms with Gasteiger partial charge in [-0.05, 0) is 43.3 Å². The van der Waals surface area contributed by atoms with E-state index < -0.39 is 18.0 Å². The van der Waals surface area contributed by atoms with Crippen LogP contribution >= 0.6 is 0 Å². The molecule has 27 heavy (non-hydrogen) atoms. The number of hydrogen-bond acceptors (Lipinski definition) is 6. The SMILES string of the molecule is COc1ccc(NC(=O)[C@H](C)OC(=O)CCc2nc3ccccc3o2)cc1. The molecule has 0 spiro atoms. The van der Waals surface area contributed by atoms with Crippen molar-refractivity contribution in [1.29, 1.82) is 0 Å². The fraction of sp³-hybridized carbons (Fsp3) is 0.250. The Morgan fingerprint density at radius 1 is 1.15 bits per heavy atom. The van der Waals surface area contributed by atoms with Crippen molar-refractivity contribution in [2.24, 2.45) is 0 Å². The number of oxazole rings is 1. The summed E-state index contributed by atoms with van der Waals surface area (Å²) in [6.07, 6.45) is -0.531. The first-order valence-electron chi connectivity index (χ1n) is 8.54. The number of ether oxygens (including phenoxy) is 2. The summed E-state index contributed by atoms with van der Waals surface area (Å²) in [7, 11) is 1.57. The van der Waals surface area contributed by atoms with Gasteiger partial charge in [-0.1, -0.05) is 12.1 Å². The number of methoxy groups -OCH3 is 1. The molecular weight excluding hydrogens is 348 g/mol. The van der Waals surface area contributed by atoms with Gasteiger partial charge in [0.25, 0.3) is 5.91 Å². The van der Waals surface area contributed by atoms with E-state index in [2.05, 4.69) is 10.3 Å². The fourth-order valence-corrected chi connectivity index (χ4v) is 2.46. The van der Waals surface area contributed by atoms with Gasteiger partial charge in [0.15, 0.2) is 17.6 Å². The molecule has 0 fully saturated rings. The average Bonchev–Trinajstić information content (AvgIpc) is 3.10. The van der Waals surface area contributed by atoms with Crippen LogP contribution in [0, 0.1) is 0 Å². The average molecular weight is 368 g/mol. The van der Waals surface area contributed by atoms with Crippen LogP contribution in [0.5, 0.6) is 5.75 Å². The van der Waals surface area contributed by atoms with Crippen molar-refractivity contribution in [1.82, 2.24) is 4.98 Å². The minimum Gasteiger partial charge on any atom is -0.497 e. The molecule has 1 heterocycles. The van der Waals surface area contributed by atoms with Crippen molar-refractivity contribution >= 4 is 28.7 Å². The molecule has 1 amide bonds. The number of aryl methyl sites for hydroxylation is 1. The molecule has 7 nitrogen and oxygen atoms in total. The lowest BCUT2D eigenvalue weighted by Crippen LogP contribution is -2.30. The largest absolute Gasteiger partial charge is 0.497 e. The van der Waals surface area contributed by atoms with E-state index in [-0.39, 0.29) is 6.42 Å². The van der Waals surface area contributed by atoms with Crippen LogP contribution in [0.4, 0.5) is 5.69 Å². The second kappa shape index (κ2) is 8.35. The van der Waals surface area contributed by atoms with Gasteiger partial charge in [-0.15, -0.1) is 0 Å². The highest BCUT2D eigenvalue weighted by Gasteiger charge is 2.18. The van der Waals surface area contributed by atoms with Gasteiger partial charge >= 0.3 is 5.97 Å². The van der Waals surface area contributed by atoms with E-state index in [0.29, 0.717) is 29.3 Å². The highest BCUT2D eigenvalue weighted by molar-refractivity contribution is 5.95. The summed E-state index contributed by atoms with van der Waals surface area (Å²) in [5, 5.41) is 2.69. The summed E-state index contributed by atoms with van der Waals surface area (Å²) >= 11 is 0. The molecule has 0 bridgehead atoms. The maximum atomic E-state index is 12.1. The summed E-state index contributed by atoms with van der Waals surface area (Å²) < 4.78 is 15.8. The van der Waals surface area contributed by atoms with Crippen LogP contribution in [-0.2, 0) is 20.7 Å². The number of esters is 1. The Morgan fingerprint density at radius 3 is 2.59 bits per heavy atom. The first-order valence-corrected chi connectivity index (χ1v) is 8.54. The predicted octanol–water partition coefficient (Wildman–Crippen LogP) is 3.34. The molecule has 1 aromatic heterocycles. The standard InChI is InChI=1S/C20H20N2O5/c1-13(20(24)21-14-7-9-15(25-2)10-8-14)26-19(23)12-11-18-22-16-5-3-4-6-17(16)27-18/h3-10,13H,11-12H2,1-2H3,(H,21,24)/t13-/m0/s1. The van der Waals surface area contributed by atoms with Gasteiger partial charge in [-0.3, -0.25) is 9.59 Å². The number of aromatic nitrogens is 1. The molecule has 0 saturated heterocycles. The van der Waals surface area contributed by atoms with E-state index in [1.807, 2.05) is 24.3 Å². The van der Waals surface area contributed by atoms with Crippen LogP contribution in [0.3, 0.4) is 0 Å². The number of rotatable bonds is 7. The Hall–Kier alpha value is -3.35. The van der Waals surface area contributed by atoms with Crippen LogP contribution in [0.25, 0.3) is 11.1 Å². The first kappa shape index (κ1) is 18.4. The molecule has 1 N–H and O–H groups in total. The first-order chi connectivity index (χ1) is 13.0. The number of fused-ring (bicyclic) bond motifs is 1. The summed E-state index contributed by atoms with van der Waals surface area (Å²) in [5.41, 5.74) is 2.01. The van der Waals surface area contributed by atoms with Gasteiger partial charge in [0.05, 0.1) is 13.5 Å². The number of carbonyl (C=O) groups is 2. The minimum atomic E-state index is -0.914.